The number of amides is 2. The predicted octanol–water partition coefficient (Wildman–Crippen LogP) is 1.67. The summed E-state index contributed by atoms with van der Waals surface area (Å²) in [5.41, 5.74) is 6.11. The number of nitrogens with zero attached hydrogens (tertiary/aromatic N) is 1. The Morgan fingerprint density at radius 1 is 1.24 bits per heavy atom. The van der Waals surface area contributed by atoms with Gasteiger partial charge in [0.15, 0.2) is 5.76 Å². The Balaban J connectivity index is 1.77. The first kappa shape index (κ1) is 17.0. The van der Waals surface area contributed by atoms with E-state index in [2.05, 4.69) is 0 Å². The Morgan fingerprint density at radius 2 is 2.00 bits per heavy atom. The number of nitrogens with two attached hydrogens (primary N) is 1. The van der Waals surface area contributed by atoms with Crippen molar-refractivity contribution in [2.45, 2.75) is 12.5 Å². The van der Waals surface area contributed by atoms with Gasteiger partial charge in [0.2, 0.25) is 5.91 Å². The Morgan fingerprint density at radius 3 is 2.68 bits per heavy atom. The fourth-order valence-electron chi connectivity index (χ4n) is 2.83. The van der Waals surface area contributed by atoms with Gasteiger partial charge >= 0.3 is 0 Å². The highest BCUT2D eigenvalue weighted by atomic mass is 16.5. The number of hydrogen-bond acceptors (Lipinski definition) is 5. The number of primary amides is 1. The number of ether oxygens (including phenoxy) is 2. The van der Waals surface area contributed by atoms with Gasteiger partial charge in [-0.3, -0.25) is 9.59 Å². The maximum absolute atomic E-state index is 12.7. The van der Waals surface area contributed by atoms with Crippen LogP contribution >= 0.6 is 0 Å². The molecule has 2 N–H and O–H groups in total. The van der Waals surface area contributed by atoms with Crippen molar-refractivity contribution >= 4 is 11.8 Å². The molecule has 0 radical (unpaired) electrons. The van der Waals surface area contributed by atoms with E-state index in [0.717, 1.165) is 11.3 Å². The highest BCUT2D eigenvalue weighted by Gasteiger charge is 2.30. The summed E-state index contributed by atoms with van der Waals surface area (Å²) < 4.78 is 16.2. The van der Waals surface area contributed by atoms with Gasteiger partial charge in [-0.15, -0.1) is 0 Å². The largest absolute Gasteiger partial charge is 0.497 e. The second kappa shape index (κ2) is 7.40. The number of methoxy groups -OCH3 is 1. The minimum absolute atomic E-state index is 0.0672. The van der Waals surface area contributed by atoms with Gasteiger partial charge < -0.3 is 24.5 Å². The molecule has 1 saturated heterocycles. The standard InChI is InChI=1S/C18H20N2O5/c1-23-14-4-2-12(3-5-14)15-6-7-16(25-15)18(22)20-8-9-24-11-13(20)10-17(19)21/h2-7,13H,8-11H2,1H3,(H2,19,21)/t13-/m0/s1. The molecule has 2 aromatic rings. The lowest BCUT2D eigenvalue weighted by molar-refractivity contribution is -0.120. The van der Waals surface area contributed by atoms with Crippen LogP contribution < -0.4 is 10.5 Å². The molecule has 1 atom stereocenters. The highest BCUT2D eigenvalue weighted by Crippen LogP contribution is 2.26. The van der Waals surface area contributed by atoms with Gasteiger partial charge in [0.05, 0.1) is 26.4 Å². The quantitative estimate of drug-likeness (QED) is 0.890. The summed E-state index contributed by atoms with van der Waals surface area (Å²) in [4.78, 5) is 25.5. The van der Waals surface area contributed by atoms with E-state index in [0.29, 0.717) is 25.5 Å². The number of carbonyl (C=O) groups is 2. The number of benzene rings is 1. The van der Waals surface area contributed by atoms with E-state index in [9.17, 15) is 9.59 Å². The number of morpholine rings is 1. The van der Waals surface area contributed by atoms with Crippen molar-refractivity contribution in [3.63, 3.8) is 0 Å². The van der Waals surface area contributed by atoms with E-state index in [4.69, 9.17) is 19.6 Å². The summed E-state index contributed by atoms with van der Waals surface area (Å²) in [6.07, 6.45) is 0.0672. The predicted molar refractivity (Wildman–Crippen MR) is 90.2 cm³/mol. The van der Waals surface area contributed by atoms with Crippen molar-refractivity contribution in [3.8, 4) is 17.1 Å². The lowest BCUT2D eigenvalue weighted by atomic mass is 10.1. The van der Waals surface area contributed by atoms with Gasteiger partial charge in [-0.2, -0.15) is 0 Å². The molecule has 0 bridgehead atoms. The first-order valence-electron chi connectivity index (χ1n) is 8.00. The van der Waals surface area contributed by atoms with Crippen molar-refractivity contribution < 1.29 is 23.5 Å². The molecule has 1 aliphatic heterocycles. The molecular weight excluding hydrogens is 324 g/mol. The average molecular weight is 344 g/mol. The smallest absolute Gasteiger partial charge is 0.290 e. The lowest BCUT2D eigenvalue weighted by Crippen LogP contribution is -2.50. The molecule has 132 valence electrons. The van der Waals surface area contributed by atoms with Gasteiger partial charge in [-0.05, 0) is 36.4 Å². The van der Waals surface area contributed by atoms with Crippen LogP contribution in [-0.2, 0) is 9.53 Å². The summed E-state index contributed by atoms with van der Waals surface area (Å²) in [6, 6.07) is 10.4. The third-order valence-corrected chi connectivity index (χ3v) is 4.12. The summed E-state index contributed by atoms with van der Waals surface area (Å²) in [5.74, 6) is 0.822. The Labute approximate surface area is 145 Å². The van der Waals surface area contributed by atoms with E-state index in [-0.39, 0.29) is 24.1 Å². The molecule has 7 heteroatoms. The fraction of sp³-hybridized carbons (Fsp3) is 0.333. The molecule has 7 nitrogen and oxygen atoms in total. The van der Waals surface area contributed by atoms with Crippen LogP contribution in [0.1, 0.15) is 17.0 Å². The topological polar surface area (TPSA) is 95.0 Å². The van der Waals surface area contributed by atoms with Crippen LogP contribution in [0.5, 0.6) is 5.75 Å². The van der Waals surface area contributed by atoms with Gasteiger partial charge in [0.25, 0.3) is 5.91 Å². The SMILES string of the molecule is COc1ccc(-c2ccc(C(=O)N3CCOC[C@@H]3CC(N)=O)o2)cc1. The summed E-state index contributed by atoms with van der Waals surface area (Å²) >= 11 is 0. The Bertz CT molecular complexity index is 753. The van der Waals surface area contributed by atoms with Crippen molar-refractivity contribution in [2.75, 3.05) is 26.9 Å². The van der Waals surface area contributed by atoms with Crippen LogP contribution in [0.4, 0.5) is 0 Å². The van der Waals surface area contributed by atoms with Crippen molar-refractivity contribution in [2.24, 2.45) is 5.73 Å². The van der Waals surface area contributed by atoms with E-state index < -0.39 is 5.91 Å². The highest BCUT2D eigenvalue weighted by molar-refractivity contribution is 5.92. The molecule has 0 saturated carbocycles. The van der Waals surface area contributed by atoms with Gasteiger partial charge in [0.1, 0.15) is 11.5 Å². The van der Waals surface area contributed by atoms with Crippen LogP contribution in [0.25, 0.3) is 11.3 Å². The molecule has 0 aliphatic carbocycles. The molecule has 1 aromatic carbocycles. The van der Waals surface area contributed by atoms with Gasteiger partial charge in [-0.25, -0.2) is 0 Å². The number of hydrogen-bond donors (Lipinski definition) is 1. The minimum atomic E-state index is -0.466. The monoisotopic (exact) mass is 344 g/mol. The summed E-state index contributed by atoms with van der Waals surface area (Å²) in [7, 11) is 1.60. The summed E-state index contributed by atoms with van der Waals surface area (Å²) in [6.45, 7) is 1.11. The zero-order valence-corrected chi connectivity index (χ0v) is 13.9. The van der Waals surface area contributed by atoms with E-state index in [1.807, 2.05) is 24.3 Å². The van der Waals surface area contributed by atoms with Crippen LogP contribution in [-0.4, -0.2) is 49.6 Å². The Hall–Kier alpha value is -2.80. The molecule has 0 spiro atoms. The maximum Gasteiger partial charge on any atom is 0.290 e. The Kier molecular flexibility index (Phi) is 5.04. The molecule has 1 fully saturated rings. The number of furan rings is 1. The van der Waals surface area contributed by atoms with Crippen molar-refractivity contribution in [3.05, 3.63) is 42.2 Å². The van der Waals surface area contributed by atoms with Crippen molar-refractivity contribution in [1.82, 2.24) is 4.90 Å². The molecular formula is C18H20N2O5. The van der Waals surface area contributed by atoms with E-state index >= 15 is 0 Å². The minimum Gasteiger partial charge on any atom is -0.497 e. The first-order chi connectivity index (χ1) is 12.1. The zero-order chi connectivity index (χ0) is 17.8. The van der Waals surface area contributed by atoms with E-state index in [1.165, 1.54) is 0 Å². The molecule has 2 heterocycles. The third-order valence-electron chi connectivity index (χ3n) is 4.12. The molecule has 3 rings (SSSR count). The second-order valence-corrected chi connectivity index (χ2v) is 5.79. The van der Waals surface area contributed by atoms with Gasteiger partial charge in [0, 0.05) is 18.5 Å². The van der Waals surface area contributed by atoms with Crippen LogP contribution in [0.15, 0.2) is 40.8 Å². The zero-order valence-electron chi connectivity index (χ0n) is 13.9. The third kappa shape index (κ3) is 3.83. The molecule has 0 unspecified atom stereocenters. The number of rotatable bonds is 5. The summed E-state index contributed by atoms with van der Waals surface area (Å²) in [5, 5.41) is 0. The van der Waals surface area contributed by atoms with Gasteiger partial charge in [-0.1, -0.05) is 0 Å². The molecule has 1 aromatic heterocycles. The first-order valence-corrected chi connectivity index (χ1v) is 8.00. The van der Waals surface area contributed by atoms with Crippen LogP contribution in [0, 0.1) is 0 Å². The molecule has 1 aliphatic rings. The second-order valence-electron chi connectivity index (χ2n) is 5.79. The van der Waals surface area contributed by atoms with Crippen LogP contribution in [0.2, 0.25) is 0 Å². The number of carbonyl (C=O) groups excluding carboxylic acids is 2. The lowest BCUT2D eigenvalue weighted by Gasteiger charge is -2.34. The molecule has 25 heavy (non-hydrogen) atoms. The molecule has 2 amide bonds. The van der Waals surface area contributed by atoms with Crippen molar-refractivity contribution in [1.29, 1.82) is 0 Å². The average Bonchev–Trinajstić information content (AvgIpc) is 3.11. The van der Waals surface area contributed by atoms with E-state index in [1.54, 1.807) is 24.1 Å². The fourth-order valence-corrected chi connectivity index (χ4v) is 2.83. The maximum atomic E-state index is 12.7. The normalized spacial score (nSPS) is 17.3. The van der Waals surface area contributed by atoms with Crippen LogP contribution in [0.3, 0.4) is 0 Å².